The van der Waals surface area contributed by atoms with Crippen molar-refractivity contribution in [1.29, 1.82) is 0 Å². The van der Waals surface area contributed by atoms with Crippen LogP contribution in [-0.2, 0) is 6.42 Å². The molecule has 1 aromatic carbocycles. The summed E-state index contributed by atoms with van der Waals surface area (Å²) in [6.07, 6.45) is 4.66. The van der Waals surface area contributed by atoms with Gasteiger partial charge in [-0.25, -0.2) is 0 Å². The van der Waals surface area contributed by atoms with Crippen LogP contribution in [0.1, 0.15) is 49.7 Å². The number of azide groups is 1. The van der Waals surface area contributed by atoms with Gasteiger partial charge in [-0.05, 0) is 84.1 Å². The quantitative estimate of drug-likeness (QED) is 0.502. The summed E-state index contributed by atoms with van der Waals surface area (Å²) in [4.78, 5) is 2.97. The molecule has 24 heavy (non-hydrogen) atoms. The summed E-state index contributed by atoms with van der Waals surface area (Å²) in [6.45, 7) is 2.20. The molecule has 0 radical (unpaired) electrons. The van der Waals surface area contributed by atoms with Crippen molar-refractivity contribution in [3.63, 3.8) is 0 Å². The van der Waals surface area contributed by atoms with Gasteiger partial charge in [0.1, 0.15) is 5.75 Å². The minimum Gasteiger partial charge on any atom is -0.497 e. The number of fused-ring (bicyclic) bond motifs is 5. The molecule has 0 spiro atoms. The topological polar surface area (TPSA) is 78.2 Å². The van der Waals surface area contributed by atoms with Gasteiger partial charge in [-0.2, -0.15) is 0 Å². The lowest BCUT2D eigenvalue weighted by atomic mass is 9.55. The SMILES string of the molecule is COc1ccc2c(c1)CC[C@@H]1[C@@H]2CC[C@]2(C)[C@@H](O)[C@@H](N=[N+]=[N-])C[C@@H]12. The second-order valence-corrected chi connectivity index (χ2v) is 7.98. The molecular formula is C19H25N3O2. The highest BCUT2D eigenvalue weighted by atomic mass is 16.5. The van der Waals surface area contributed by atoms with E-state index < -0.39 is 6.10 Å². The Kier molecular flexibility index (Phi) is 3.74. The van der Waals surface area contributed by atoms with Crippen LogP contribution in [0.25, 0.3) is 10.4 Å². The number of hydrogen-bond donors (Lipinski definition) is 1. The van der Waals surface area contributed by atoms with Gasteiger partial charge in [0.05, 0.1) is 19.3 Å². The molecule has 2 saturated carbocycles. The Bertz CT molecular complexity index is 700. The molecule has 128 valence electrons. The number of aryl methyl sites for hydroxylation is 1. The molecule has 1 aromatic rings. The predicted octanol–water partition coefficient (Wildman–Crippen LogP) is 4.20. The molecule has 1 N–H and O–H groups in total. The predicted molar refractivity (Wildman–Crippen MR) is 91.9 cm³/mol. The smallest absolute Gasteiger partial charge is 0.119 e. The fourth-order valence-electron chi connectivity index (χ4n) is 5.85. The average Bonchev–Trinajstić information content (AvgIpc) is 2.86. The second-order valence-electron chi connectivity index (χ2n) is 7.98. The van der Waals surface area contributed by atoms with Crippen LogP contribution in [0.4, 0.5) is 0 Å². The zero-order valence-corrected chi connectivity index (χ0v) is 14.4. The van der Waals surface area contributed by atoms with Gasteiger partial charge < -0.3 is 9.84 Å². The Hall–Kier alpha value is -1.71. The molecular weight excluding hydrogens is 302 g/mol. The first-order chi connectivity index (χ1) is 11.6. The van der Waals surface area contributed by atoms with Crippen molar-refractivity contribution in [3.8, 4) is 5.75 Å². The summed E-state index contributed by atoms with van der Waals surface area (Å²) in [7, 11) is 1.72. The van der Waals surface area contributed by atoms with E-state index >= 15 is 0 Å². The molecule has 0 amide bonds. The number of benzene rings is 1. The minimum atomic E-state index is -0.503. The van der Waals surface area contributed by atoms with Crippen molar-refractivity contribution in [1.82, 2.24) is 0 Å². The molecule has 0 saturated heterocycles. The van der Waals surface area contributed by atoms with E-state index in [0.29, 0.717) is 17.8 Å². The normalized spacial score (nSPS) is 40.0. The van der Waals surface area contributed by atoms with E-state index in [1.807, 2.05) is 0 Å². The number of ether oxygens (including phenoxy) is 1. The van der Waals surface area contributed by atoms with Gasteiger partial charge in [0.2, 0.25) is 0 Å². The van der Waals surface area contributed by atoms with E-state index in [-0.39, 0.29) is 11.5 Å². The highest BCUT2D eigenvalue weighted by molar-refractivity contribution is 5.40. The highest BCUT2D eigenvalue weighted by Crippen LogP contribution is 2.61. The summed E-state index contributed by atoms with van der Waals surface area (Å²) >= 11 is 0. The summed E-state index contributed by atoms with van der Waals surface area (Å²) in [5.74, 6) is 2.53. The number of nitrogens with zero attached hydrogens (tertiary/aromatic N) is 3. The third kappa shape index (κ3) is 2.15. The molecule has 0 aromatic heterocycles. The number of hydrogen-bond acceptors (Lipinski definition) is 3. The molecule has 6 atom stereocenters. The second kappa shape index (κ2) is 5.68. The third-order valence-corrected chi connectivity index (χ3v) is 7.11. The maximum Gasteiger partial charge on any atom is 0.119 e. The van der Waals surface area contributed by atoms with E-state index in [9.17, 15) is 5.11 Å². The lowest BCUT2D eigenvalue weighted by Crippen LogP contribution is -2.44. The van der Waals surface area contributed by atoms with E-state index in [1.165, 1.54) is 11.1 Å². The number of rotatable bonds is 2. The van der Waals surface area contributed by atoms with E-state index in [1.54, 1.807) is 7.11 Å². The number of methoxy groups -OCH3 is 1. The van der Waals surface area contributed by atoms with Crippen LogP contribution in [0.15, 0.2) is 23.3 Å². The van der Waals surface area contributed by atoms with Crippen LogP contribution in [-0.4, -0.2) is 24.4 Å². The average molecular weight is 327 g/mol. The molecule has 0 heterocycles. The lowest BCUT2D eigenvalue weighted by Gasteiger charge is -2.50. The van der Waals surface area contributed by atoms with Gasteiger partial charge in [-0.15, -0.1) is 0 Å². The van der Waals surface area contributed by atoms with Gasteiger partial charge >= 0.3 is 0 Å². The Labute approximate surface area is 142 Å². The Balaban J connectivity index is 1.67. The van der Waals surface area contributed by atoms with Crippen molar-refractivity contribution in [2.45, 2.75) is 57.1 Å². The van der Waals surface area contributed by atoms with Crippen molar-refractivity contribution in [2.24, 2.45) is 22.4 Å². The van der Waals surface area contributed by atoms with Crippen molar-refractivity contribution in [2.75, 3.05) is 7.11 Å². The Morgan fingerprint density at radius 2 is 2.21 bits per heavy atom. The summed E-state index contributed by atoms with van der Waals surface area (Å²) < 4.78 is 5.38. The molecule has 5 nitrogen and oxygen atoms in total. The van der Waals surface area contributed by atoms with Crippen molar-refractivity contribution < 1.29 is 9.84 Å². The first-order valence-electron chi connectivity index (χ1n) is 8.97. The minimum absolute atomic E-state index is 0.107. The Morgan fingerprint density at radius 3 is 2.96 bits per heavy atom. The fourth-order valence-corrected chi connectivity index (χ4v) is 5.85. The molecule has 0 aliphatic heterocycles. The van der Waals surface area contributed by atoms with Gasteiger partial charge in [0.25, 0.3) is 0 Å². The summed E-state index contributed by atoms with van der Waals surface area (Å²) in [5.41, 5.74) is 11.6. The first kappa shape index (κ1) is 15.8. The van der Waals surface area contributed by atoms with Crippen LogP contribution in [0.3, 0.4) is 0 Å². The molecule has 3 aliphatic carbocycles. The third-order valence-electron chi connectivity index (χ3n) is 7.11. The molecule has 0 bridgehead atoms. The molecule has 2 fully saturated rings. The largest absolute Gasteiger partial charge is 0.497 e. The van der Waals surface area contributed by atoms with Gasteiger partial charge in [0, 0.05) is 4.91 Å². The molecule has 0 unspecified atom stereocenters. The van der Waals surface area contributed by atoms with Crippen LogP contribution >= 0.6 is 0 Å². The van der Waals surface area contributed by atoms with Gasteiger partial charge in [0.15, 0.2) is 0 Å². The van der Waals surface area contributed by atoms with Crippen molar-refractivity contribution >= 4 is 0 Å². The number of aliphatic hydroxyl groups excluding tert-OH is 1. The van der Waals surface area contributed by atoms with Gasteiger partial charge in [-0.1, -0.05) is 18.1 Å². The van der Waals surface area contributed by atoms with E-state index in [0.717, 1.165) is 37.9 Å². The van der Waals surface area contributed by atoms with Crippen LogP contribution < -0.4 is 4.74 Å². The first-order valence-corrected chi connectivity index (χ1v) is 8.97. The highest BCUT2D eigenvalue weighted by Gasteiger charge is 2.57. The molecule has 4 rings (SSSR count). The molecule has 3 aliphatic rings. The van der Waals surface area contributed by atoms with Gasteiger partial charge in [-0.3, -0.25) is 0 Å². The van der Waals surface area contributed by atoms with Crippen molar-refractivity contribution in [3.05, 3.63) is 39.8 Å². The monoisotopic (exact) mass is 327 g/mol. The summed E-state index contributed by atoms with van der Waals surface area (Å²) in [5, 5.41) is 14.6. The lowest BCUT2D eigenvalue weighted by molar-refractivity contribution is -0.0255. The Morgan fingerprint density at radius 1 is 1.38 bits per heavy atom. The summed E-state index contributed by atoms with van der Waals surface area (Å²) in [6, 6.07) is 6.23. The maximum absolute atomic E-state index is 10.7. The number of aliphatic hydroxyl groups is 1. The fraction of sp³-hybridized carbons (Fsp3) is 0.684. The molecule has 5 heteroatoms. The van der Waals surface area contributed by atoms with E-state index in [4.69, 9.17) is 10.3 Å². The standard InChI is InChI=1S/C19H25N3O2/c1-19-8-7-14-13-6-4-12(24-2)9-11(13)3-5-15(14)16(19)10-17(18(19)23)21-22-20/h4,6,9,14-18,23H,3,5,7-8,10H2,1-2H3/t14-,15-,16+,17+,18+,19+/m1/s1. The van der Waals surface area contributed by atoms with Crippen LogP contribution in [0.2, 0.25) is 0 Å². The van der Waals surface area contributed by atoms with E-state index in [2.05, 4.69) is 35.1 Å². The zero-order chi connectivity index (χ0) is 16.9. The van der Waals surface area contributed by atoms with Crippen LogP contribution in [0, 0.1) is 17.3 Å². The zero-order valence-electron chi connectivity index (χ0n) is 14.4. The maximum atomic E-state index is 10.7. The van der Waals surface area contributed by atoms with Crippen LogP contribution in [0.5, 0.6) is 5.75 Å².